The van der Waals surface area contributed by atoms with Gasteiger partial charge in [-0.15, -0.1) is 0 Å². The van der Waals surface area contributed by atoms with E-state index in [0.29, 0.717) is 32.0 Å². The zero-order valence-corrected chi connectivity index (χ0v) is 20.5. The van der Waals surface area contributed by atoms with Crippen LogP contribution < -0.4 is 16.0 Å². The van der Waals surface area contributed by atoms with Crippen molar-refractivity contribution in [3.05, 3.63) is 59.4 Å². The van der Waals surface area contributed by atoms with Crippen LogP contribution >= 0.6 is 0 Å². The third-order valence-electron chi connectivity index (χ3n) is 7.25. The number of aromatic nitrogens is 5. The molecule has 1 amide bonds. The number of aryl methyl sites for hydroxylation is 1. The zero-order valence-electron chi connectivity index (χ0n) is 20.5. The first-order valence-electron chi connectivity index (χ1n) is 12.4. The van der Waals surface area contributed by atoms with Crippen LogP contribution in [-0.4, -0.2) is 68.4 Å². The number of hydrogen-bond acceptors (Lipinski definition) is 8. The van der Waals surface area contributed by atoms with E-state index in [2.05, 4.69) is 61.9 Å². The first-order chi connectivity index (χ1) is 17.4. The van der Waals surface area contributed by atoms with E-state index in [1.165, 1.54) is 11.9 Å². The van der Waals surface area contributed by atoms with Gasteiger partial charge in [-0.3, -0.25) is 9.69 Å². The van der Waals surface area contributed by atoms with E-state index in [4.69, 9.17) is 5.73 Å². The van der Waals surface area contributed by atoms with Crippen molar-refractivity contribution in [1.29, 1.82) is 0 Å². The van der Waals surface area contributed by atoms with Gasteiger partial charge < -0.3 is 16.0 Å². The van der Waals surface area contributed by atoms with Crippen molar-refractivity contribution < 1.29 is 9.18 Å². The number of anilines is 2. The first kappa shape index (κ1) is 24.1. The molecule has 2 aliphatic rings. The number of halogens is 1. The highest BCUT2D eigenvalue weighted by atomic mass is 19.1. The third-order valence-corrected chi connectivity index (χ3v) is 7.25. The van der Waals surface area contributed by atoms with Crippen molar-refractivity contribution in [2.45, 2.75) is 50.6 Å². The normalized spacial score (nSPS) is 17.6. The number of nitrogens with zero attached hydrogens (tertiary/aromatic N) is 6. The number of nitrogens with two attached hydrogens (primary N) is 1. The highest BCUT2D eigenvalue weighted by molar-refractivity contribution is 5.75. The minimum Gasteiger partial charge on any atom is -0.369 e. The summed E-state index contributed by atoms with van der Waals surface area (Å²) in [5.41, 5.74) is 8.12. The molecule has 0 spiro atoms. The van der Waals surface area contributed by atoms with E-state index in [0.717, 1.165) is 36.9 Å². The number of rotatable bonds is 10. The summed E-state index contributed by atoms with van der Waals surface area (Å²) in [4.78, 5) is 24.0. The van der Waals surface area contributed by atoms with Gasteiger partial charge in [-0.1, -0.05) is 29.8 Å². The predicted octanol–water partition coefficient (Wildman–Crippen LogP) is 2.14. The van der Waals surface area contributed by atoms with Gasteiger partial charge in [0.2, 0.25) is 11.7 Å². The van der Waals surface area contributed by atoms with Crippen molar-refractivity contribution in [3.63, 3.8) is 0 Å². The van der Waals surface area contributed by atoms with Crippen molar-refractivity contribution in [1.82, 2.24) is 30.3 Å². The fourth-order valence-electron chi connectivity index (χ4n) is 4.93. The summed E-state index contributed by atoms with van der Waals surface area (Å²) in [7, 11) is 0. The Morgan fingerprint density at radius 3 is 2.64 bits per heavy atom. The standard InChI is InChI=1S/C25H32FN9O/c1-17-2-4-18(5-3-17)13-35(19-6-7-19)24-22(26)23(29-16-30-24)28-15-25(20-12-31-33-32-20)8-10-34(11-9-25)14-21(27)36/h2-5,12,16,19H,6-11,13-15H2,1H3,(H2,27,36)(H,28,29,30)(H,31,32,33). The van der Waals surface area contributed by atoms with Crippen LogP contribution in [0.3, 0.4) is 0 Å². The molecule has 1 saturated heterocycles. The lowest BCUT2D eigenvalue weighted by molar-refractivity contribution is -0.119. The summed E-state index contributed by atoms with van der Waals surface area (Å²) in [5.74, 6) is -0.291. The van der Waals surface area contributed by atoms with Crippen molar-refractivity contribution in [2.24, 2.45) is 5.73 Å². The molecule has 3 heterocycles. The Morgan fingerprint density at radius 1 is 1.25 bits per heavy atom. The van der Waals surface area contributed by atoms with E-state index >= 15 is 4.39 Å². The van der Waals surface area contributed by atoms with Crippen LogP contribution in [0.15, 0.2) is 36.8 Å². The second kappa shape index (κ2) is 10.2. The maximum Gasteiger partial charge on any atom is 0.231 e. The van der Waals surface area contributed by atoms with Crippen molar-refractivity contribution in [2.75, 3.05) is 36.4 Å². The SMILES string of the molecule is Cc1ccc(CN(c2ncnc(NCC3(c4cn[nH]n4)CCN(CC(N)=O)CC3)c2F)C2CC2)cc1. The second-order valence-electron chi connectivity index (χ2n) is 9.94. The topological polar surface area (TPSA) is 129 Å². The van der Waals surface area contributed by atoms with Gasteiger partial charge in [0, 0.05) is 24.5 Å². The van der Waals surface area contributed by atoms with Crippen LogP contribution in [0.1, 0.15) is 42.5 Å². The second-order valence-corrected chi connectivity index (χ2v) is 9.94. The molecule has 10 nitrogen and oxygen atoms in total. The Balaban J connectivity index is 1.34. The summed E-state index contributed by atoms with van der Waals surface area (Å²) < 4.78 is 15.8. The molecular weight excluding hydrogens is 461 g/mol. The molecular formula is C25H32FN9O. The Morgan fingerprint density at radius 2 is 2.00 bits per heavy atom. The zero-order chi connectivity index (χ0) is 25.1. The van der Waals surface area contributed by atoms with E-state index in [-0.39, 0.29) is 29.7 Å². The van der Waals surface area contributed by atoms with Gasteiger partial charge in [-0.2, -0.15) is 19.8 Å². The monoisotopic (exact) mass is 493 g/mol. The number of amides is 1. The molecule has 1 aromatic carbocycles. The van der Waals surface area contributed by atoms with Crippen LogP contribution in [0.25, 0.3) is 0 Å². The number of piperidine rings is 1. The van der Waals surface area contributed by atoms with Gasteiger partial charge >= 0.3 is 0 Å². The molecule has 5 rings (SSSR count). The Hall–Kier alpha value is -3.60. The van der Waals surface area contributed by atoms with Crippen molar-refractivity contribution >= 4 is 17.5 Å². The highest BCUT2D eigenvalue weighted by Gasteiger charge is 2.39. The maximum atomic E-state index is 15.8. The summed E-state index contributed by atoms with van der Waals surface area (Å²) in [6.45, 7) is 4.67. The molecule has 2 fully saturated rings. The van der Waals surface area contributed by atoms with Crippen LogP contribution in [0.5, 0.6) is 0 Å². The number of hydrogen-bond donors (Lipinski definition) is 3. The lowest BCUT2D eigenvalue weighted by atomic mass is 9.75. The Labute approximate surface area is 209 Å². The van der Waals surface area contributed by atoms with Crippen molar-refractivity contribution in [3.8, 4) is 0 Å². The van der Waals surface area contributed by atoms with Crippen LogP contribution in [0.2, 0.25) is 0 Å². The lowest BCUT2D eigenvalue weighted by Crippen LogP contribution is -2.48. The predicted molar refractivity (Wildman–Crippen MR) is 134 cm³/mol. The van der Waals surface area contributed by atoms with Gasteiger partial charge in [0.15, 0.2) is 11.6 Å². The molecule has 0 bridgehead atoms. The molecule has 3 aromatic rings. The largest absolute Gasteiger partial charge is 0.369 e. The van der Waals surface area contributed by atoms with Gasteiger partial charge in [0.25, 0.3) is 0 Å². The first-order valence-corrected chi connectivity index (χ1v) is 12.4. The number of benzene rings is 1. The summed E-state index contributed by atoms with van der Waals surface area (Å²) in [5, 5.41) is 14.3. The van der Waals surface area contributed by atoms with Gasteiger partial charge in [0.1, 0.15) is 6.33 Å². The number of likely N-dealkylation sites (tertiary alicyclic amines) is 1. The molecule has 1 aliphatic heterocycles. The van der Waals surface area contributed by atoms with Gasteiger partial charge in [0.05, 0.1) is 18.4 Å². The average molecular weight is 494 g/mol. The average Bonchev–Trinajstić information content (AvgIpc) is 3.56. The third kappa shape index (κ3) is 5.30. The summed E-state index contributed by atoms with van der Waals surface area (Å²) in [6, 6.07) is 8.58. The van der Waals surface area contributed by atoms with Crippen LogP contribution in [0.4, 0.5) is 16.0 Å². The van der Waals surface area contributed by atoms with Crippen LogP contribution in [0, 0.1) is 12.7 Å². The number of carbonyl (C=O) groups excluding carboxylic acids is 1. The molecule has 0 unspecified atom stereocenters. The molecule has 2 aromatic heterocycles. The van der Waals surface area contributed by atoms with E-state index in [9.17, 15) is 4.79 Å². The quantitative estimate of drug-likeness (QED) is 0.392. The molecule has 1 saturated carbocycles. The van der Waals surface area contributed by atoms with E-state index < -0.39 is 5.82 Å². The molecule has 1 aliphatic carbocycles. The summed E-state index contributed by atoms with van der Waals surface area (Å²) in [6.07, 6.45) is 6.62. The maximum absolute atomic E-state index is 15.8. The number of nitrogens with one attached hydrogen (secondary N) is 2. The van der Waals surface area contributed by atoms with Gasteiger partial charge in [-0.05, 0) is 51.3 Å². The molecule has 36 heavy (non-hydrogen) atoms. The van der Waals surface area contributed by atoms with Crippen LogP contribution in [-0.2, 0) is 16.8 Å². The molecule has 0 radical (unpaired) electrons. The minimum atomic E-state index is -0.446. The fourth-order valence-corrected chi connectivity index (χ4v) is 4.93. The Bertz CT molecular complexity index is 1170. The number of H-pyrrole nitrogens is 1. The highest BCUT2D eigenvalue weighted by Crippen LogP contribution is 2.37. The van der Waals surface area contributed by atoms with Gasteiger partial charge in [-0.25, -0.2) is 9.97 Å². The summed E-state index contributed by atoms with van der Waals surface area (Å²) >= 11 is 0. The minimum absolute atomic E-state index is 0.178. The molecule has 4 N–H and O–H groups in total. The number of aromatic amines is 1. The lowest BCUT2D eigenvalue weighted by Gasteiger charge is -2.40. The van der Waals surface area contributed by atoms with E-state index in [1.54, 1.807) is 6.20 Å². The smallest absolute Gasteiger partial charge is 0.231 e. The molecule has 190 valence electrons. The number of carbonyl (C=O) groups is 1. The number of primary amides is 1. The van der Waals surface area contributed by atoms with E-state index in [1.807, 2.05) is 9.80 Å². The molecule has 11 heteroatoms. The Kier molecular flexibility index (Phi) is 6.82. The fraction of sp³-hybridized carbons (Fsp3) is 0.480. The molecule has 0 atom stereocenters.